The van der Waals surface area contributed by atoms with Crippen LogP contribution in [0, 0.1) is 6.92 Å². The molecule has 8 heteroatoms. The fourth-order valence-electron chi connectivity index (χ4n) is 5.09. The van der Waals surface area contributed by atoms with E-state index < -0.39 is 0 Å². The quantitative estimate of drug-likeness (QED) is 0.335. The maximum absolute atomic E-state index is 5.61. The van der Waals surface area contributed by atoms with E-state index in [2.05, 4.69) is 55.2 Å². The lowest BCUT2D eigenvalue weighted by atomic mass is 9.80. The van der Waals surface area contributed by atoms with Crippen molar-refractivity contribution in [3.8, 4) is 0 Å². The minimum absolute atomic E-state index is 0. The van der Waals surface area contributed by atoms with Crippen LogP contribution < -0.4 is 10.6 Å². The lowest BCUT2D eigenvalue weighted by Gasteiger charge is -2.48. The Labute approximate surface area is 203 Å². The molecule has 4 rings (SSSR count). The number of halogens is 1. The molecule has 2 aliphatic rings. The number of fused-ring (bicyclic) bond motifs is 1. The highest BCUT2D eigenvalue weighted by atomic mass is 127. The zero-order valence-electron chi connectivity index (χ0n) is 18.9. The molecule has 2 heterocycles. The van der Waals surface area contributed by atoms with Crippen molar-refractivity contribution in [2.75, 3.05) is 46.4 Å². The normalized spacial score (nSPS) is 19.7. The molecular formula is C23H37IN6O. The van der Waals surface area contributed by atoms with Crippen LogP contribution in [-0.2, 0) is 11.3 Å². The number of rotatable bonds is 6. The molecule has 1 aliphatic heterocycles. The first kappa shape index (κ1) is 24.3. The third-order valence-corrected chi connectivity index (χ3v) is 6.75. The molecule has 0 amide bonds. The van der Waals surface area contributed by atoms with Crippen LogP contribution in [0.4, 0.5) is 0 Å². The van der Waals surface area contributed by atoms with Gasteiger partial charge in [-0.3, -0.25) is 9.89 Å². The standard InChI is InChI=1S/C23H36N6O.HI/c1-19-27-20-8-4-5-9-21(20)29(19)13-12-25-22(24-2)26-18-23(10-6-3-7-11-23)28-14-16-30-17-15-28;/h4-5,8-9H,3,6-7,10-18H2,1-2H3,(H2,24,25,26);1H. The summed E-state index contributed by atoms with van der Waals surface area (Å²) in [5, 5.41) is 7.15. The van der Waals surface area contributed by atoms with Gasteiger partial charge in [0.15, 0.2) is 5.96 Å². The van der Waals surface area contributed by atoms with Gasteiger partial charge in [0.1, 0.15) is 5.82 Å². The van der Waals surface area contributed by atoms with Gasteiger partial charge in [-0.2, -0.15) is 0 Å². The average Bonchev–Trinajstić information content (AvgIpc) is 3.12. The number of para-hydroxylation sites is 2. The molecule has 1 saturated carbocycles. The third-order valence-electron chi connectivity index (χ3n) is 6.75. The highest BCUT2D eigenvalue weighted by Gasteiger charge is 2.38. The van der Waals surface area contributed by atoms with Gasteiger partial charge in [-0.15, -0.1) is 24.0 Å². The Hall–Kier alpha value is -1.39. The van der Waals surface area contributed by atoms with E-state index >= 15 is 0 Å². The summed E-state index contributed by atoms with van der Waals surface area (Å²) >= 11 is 0. The summed E-state index contributed by atoms with van der Waals surface area (Å²) in [7, 11) is 1.86. The summed E-state index contributed by atoms with van der Waals surface area (Å²) in [5.41, 5.74) is 2.48. The van der Waals surface area contributed by atoms with E-state index in [9.17, 15) is 0 Å². The molecule has 1 saturated heterocycles. The van der Waals surface area contributed by atoms with Gasteiger partial charge in [0.2, 0.25) is 0 Å². The van der Waals surface area contributed by atoms with Crippen LogP contribution in [0.3, 0.4) is 0 Å². The van der Waals surface area contributed by atoms with Gasteiger partial charge in [-0.05, 0) is 31.9 Å². The summed E-state index contributed by atoms with van der Waals surface area (Å²) in [6.45, 7) is 8.48. The molecular weight excluding hydrogens is 503 g/mol. The van der Waals surface area contributed by atoms with E-state index in [0.29, 0.717) is 0 Å². The fourth-order valence-corrected chi connectivity index (χ4v) is 5.09. The topological polar surface area (TPSA) is 66.7 Å². The van der Waals surface area contributed by atoms with Crippen LogP contribution in [0.1, 0.15) is 37.9 Å². The molecule has 0 bridgehead atoms. The van der Waals surface area contributed by atoms with Crippen molar-refractivity contribution in [2.24, 2.45) is 4.99 Å². The second-order valence-electron chi connectivity index (χ2n) is 8.54. The number of aliphatic imine (C=N–C) groups is 1. The molecule has 1 aromatic heterocycles. The molecule has 0 unspecified atom stereocenters. The van der Waals surface area contributed by atoms with E-state index in [1.165, 1.54) is 37.6 Å². The monoisotopic (exact) mass is 540 g/mol. The molecule has 2 aromatic rings. The maximum Gasteiger partial charge on any atom is 0.191 e. The predicted octanol–water partition coefficient (Wildman–Crippen LogP) is 3.16. The number of imidazole rings is 1. The number of hydrogen-bond acceptors (Lipinski definition) is 4. The Kier molecular flexibility index (Phi) is 8.97. The lowest BCUT2D eigenvalue weighted by Crippen LogP contribution is -2.60. The van der Waals surface area contributed by atoms with E-state index in [-0.39, 0.29) is 29.5 Å². The highest BCUT2D eigenvalue weighted by molar-refractivity contribution is 14.0. The van der Waals surface area contributed by atoms with Crippen molar-refractivity contribution in [3.63, 3.8) is 0 Å². The molecule has 31 heavy (non-hydrogen) atoms. The summed E-state index contributed by atoms with van der Waals surface area (Å²) < 4.78 is 7.88. The van der Waals surface area contributed by atoms with Crippen LogP contribution in [0.5, 0.6) is 0 Å². The Morgan fingerprint density at radius 2 is 1.87 bits per heavy atom. The number of hydrogen-bond donors (Lipinski definition) is 2. The number of ether oxygens (including phenoxy) is 1. The molecule has 0 spiro atoms. The van der Waals surface area contributed by atoms with E-state index in [4.69, 9.17) is 4.74 Å². The van der Waals surface area contributed by atoms with Crippen LogP contribution in [0.25, 0.3) is 11.0 Å². The zero-order chi connectivity index (χ0) is 20.8. The zero-order valence-corrected chi connectivity index (χ0v) is 21.2. The molecule has 1 aromatic carbocycles. The van der Waals surface area contributed by atoms with Crippen molar-refractivity contribution in [1.82, 2.24) is 25.1 Å². The third kappa shape index (κ3) is 5.70. The number of aromatic nitrogens is 2. The van der Waals surface area contributed by atoms with Gasteiger partial charge in [0.25, 0.3) is 0 Å². The summed E-state index contributed by atoms with van der Waals surface area (Å²) in [6, 6.07) is 8.32. The van der Waals surface area contributed by atoms with Crippen molar-refractivity contribution in [1.29, 1.82) is 0 Å². The minimum Gasteiger partial charge on any atom is -0.379 e. The van der Waals surface area contributed by atoms with E-state index in [1.807, 2.05) is 13.1 Å². The lowest BCUT2D eigenvalue weighted by molar-refractivity contribution is -0.0352. The van der Waals surface area contributed by atoms with Gasteiger partial charge in [0, 0.05) is 45.3 Å². The Morgan fingerprint density at radius 3 is 2.61 bits per heavy atom. The van der Waals surface area contributed by atoms with Crippen LogP contribution in [0.2, 0.25) is 0 Å². The number of aryl methyl sites for hydroxylation is 1. The summed E-state index contributed by atoms with van der Waals surface area (Å²) in [4.78, 5) is 11.8. The number of nitrogens with one attached hydrogen (secondary N) is 2. The van der Waals surface area contributed by atoms with E-state index in [0.717, 1.165) is 63.2 Å². The Bertz CT molecular complexity index is 855. The largest absolute Gasteiger partial charge is 0.379 e. The smallest absolute Gasteiger partial charge is 0.191 e. The second kappa shape index (κ2) is 11.5. The fraction of sp³-hybridized carbons (Fsp3) is 0.652. The second-order valence-corrected chi connectivity index (χ2v) is 8.54. The predicted molar refractivity (Wildman–Crippen MR) is 137 cm³/mol. The molecule has 172 valence electrons. The average molecular weight is 540 g/mol. The first-order chi connectivity index (χ1) is 14.7. The summed E-state index contributed by atoms with van der Waals surface area (Å²) in [6.07, 6.45) is 6.52. The van der Waals surface area contributed by atoms with Crippen molar-refractivity contribution in [3.05, 3.63) is 30.1 Å². The van der Waals surface area contributed by atoms with Crippen molar-refractivity contribution < 1.29 is 4.74 Å². The molecule has 7 nitrogen and oxygen atoms in total. The SMILES string of the molecule is CN=C(NCCn1c(C)nc2ccccc21)NCC1(N2CCOCC2)CCCCC1.I. The highest BCUT2D eigenvalue weighted by Crippen LogP contribution is 2.33. The van der Waals surface area contributed by atoms with Gasteiger partial charge < -0.3 is 19.9 Å². The first-order valence-corrected chi connectivity index (χ1v) is 11.4. The maximum atomic E-state index is 5.61. The summed E-state index contributed by atoms with van der Waals surface area (Å²) in [5.74, 6) is 1.93. The van der Waals surface area contributed by atoms with Gasteiger partial charge in [-0.25, -0.2) is 4.98 Å². The molecule has 0 radical (unpaired) electrons. The van der Waals surface area contributed by atoms with Gasteiger partial charge >= 0.3 is 0 Å². The molecule has 1 aliphatic carbocycles. The van der Waals surface area contributed by atoms with Crippen LogP contribution in [-0.4, -0.2) is 72.4 Å². The number of nitrogens with zero attached hydrogens (tertiary/aromatic N) is 4. The van der Waals surface area contributed by atoms with Gasteiger partial charge in [0.05, 0.1) is 24.2 Å². The molecule has 2 N–H and O–H groups in total. The minimum atomic E-state index is 0. The number of benzene rings is 1. The van der Waals surface area contributed by atoms with E-state index in [1.54, 1.807) is 0 Å². The van der Waals surface area contributed by atoms with Crippen LogP contribution >= 0.6 is 24.0 Å². The van der Waals surface area contributed by atoms with Crippen molar-refractivity contribution >= 4 is 41.0 Å². The first-order valence-electron chi connectivity index (χ1n) is 11.4. The van der Waals surface area contributed by atoms with Crippen molar-refractivity contribution in [2.45, 2.75) is 51.1 Å². The van der Waals surface area contributed by atoms with Gasteiger partial charge in [-0.1, -0.05) is 31.4 Å². The molecule has 2 fully saturated rings. The Morgan fingerprint density at radius 1 is 1.13 bits per heavy atom. The Balaban J connectivity index is 0.00000272. The molecule has 0 atom stereocenters. The number of guanidine groups is 1. The number of morpholine rings is 1. The van der Waals surface area contributed by atoms with Crippen LogP contribution in [0.15, 0.2) is 29.3 Å².